The van der Waals surface area contributed by atoms with Crippen LogP contribution in [0.3, 0.4) is 0 Å². The summed E-state index contributed by atoms with van der Waals surface area (Å²) in [5, 5.41) is 8.98. The minimum atomic E-state index is 0.102. The lowest BCUT2D eigenvalue weighted by atomic mass is 10.2. The van der Waals surface area contributed by atoms with Gasteiger partial charge in [-0.2, -0.15) is 15.0 Å². The fourth-order valence-electron chi connectivity index (χ4n) is 2.46. The number of anilines is 2. The van der Waals surface area contributed by atoms with Gasteiger partial charge in [0.2, 0.25) is 11.9 Å². The van der Waals surface area contributed by atoms with Gasteiger partial charge in [0.05, 0.1) is 12.6 Å². The summed E-state index contributed by atoms with van der Waals surface area (Å²) in [7, 11) is 3.77. The van der Waals surface area contributed by atoms with E-state index in [0.29, 0.717) is 11.8 Å². The first-order valence-electron chi connectivity index (χ1n) is 7.27. The maximum atomic E-state index is 8.98. The first-order chi connectivity index (χ1) is 10.0. The molecule has 0 bridgehead atoms. The van der Waals surface area contributed by atoms with Crippen molar-refractivity contribution in [2.24, 2.45) is 0 Å². The number of aliphatic hydroxyl groups is 1. The number of hydrogen-bond donors (Lipinski definition) is 2. The molecule has 3 N–H and O–H groups in total. The number of piperazine rings is 1. The van der Waals surface area contributed by atoms with Gasteiger partial charge >= 0.3 is 0 Å². The first-order valence-corrected chi connectivity index (χ1v) is 7.27. The molecule has 0 aliphatic carbocycles. The molecular weight excluding hydrogens is 270 g/mol. The molecule has 2 rings (SSSR count). The summed E-state index contributed by atoms with van der Waals surface area (Å²) in [4.78, 5) is 19.3. The zero-order valence-electron chi connectivity index (χ0n) is 13.0. The number of nitrogens with two attached hydrogens (primary N) is 1. The average molecular weight is 295 g/mol. The molecule has 0 radical (unpaired) electrons. The highest BCUT2D eigenvalue weighted by Crippen LogP contribution is 2.20. The van der Waals surface area contributed by atoms with Gasteiger partial charge in [0.1, 0.15) is 0 Å². The van der Waals surface area contributed by atoms with Gasteiger partial charge < -0.3 is 15.7 Å². The smallest absolute Gasteiger partial charge is 0.229 e. The third-order valence-corrected chi connectivity index (χ3v) is 3.80. The van der Waals surface area contributed by atoms with Crippen LogP contribution in [0.2, 0.25) is 0 Å². The second-order valence-electron chi connectivity index (χ2n) is 5.52. The third-order valence-electron chi connectivity index (χ3n) is 3.80. The Hall–Kier alpha value is -1.51. The Kier molecular flexibility index (Phi) is 5.27. The highest BCUT2D eigenvalue weighted by Gasteiger charge is 2.24. The van der Waals surface area contributed by atoms with Crippen molar-refractivity contribution in [3.8, 4) is 0 Å². The van der Waals surface area contributed by atoms with E-state index in [4.69, 9.17) is 10.8 Å². The maximum Gasteiger partial charge on any atom is 0.229 e. The highest BCUT2D eigenvalue weighted by atomic mass is 16.3. The van der Waals surface area contributed by atoms with Crippen LogP contribution in [-0.2, 0) is 0 Å². The summed E-state index contributed by atoms with van der Waals surface area (Å²) in [6, 6.07) is 0.102. The average Bonchev–Trinajstić information content (AvgIpc) is 2.47. The molecule has 1 aromatic rings. The molecule has 8 nitrogen and oxygen atoms in total. The SMILES string of the molecule is C[C@H](c1nc(N)nc(N(C)C)n1)N1CCN(CCO)CC1. The number of nitrogens with zero attached hydrogens (tertiary/aromatic N) is 6. The van der Waals surface area contributed by atoms with Gasteiger partial charge in [-0.3, -0.25) is 9.80 Å². The van der Waals surface area contributed by atoms with Crippen molar-refractivity contribution in [1.82, 2.24) is 24.8 Å². The standard InChI is InChI=1S/C13H25N7O/c1-10(20-6-4-19(5-7-20)8-9-21)11-15-12(14)17-13(16-11)18(2)3/h10,21H,4-9H2,1-3H3,(H2,14,15,16,17)/t10-/m1/s1. The lowest BCUT2D eigenvalue weighted by Crippen LogP contribution is -2.48. The minimum absolute atomic E-state index is 0.102. The predicted octanol–water partition coefficient (Wildman–Crippen LogP) is -0.809. The van der Waals surface area contributed by atoms with Crippen molar-refractivity contribution < 1.29 is 5.11 Å². The van der Waals surface area contributed by atoms with Gasteiger partial charge in [0.25, 0.3) is 0 Å². The van der Waals surface area contributed by atoms with E-state index < -0.39 is 0 Å². The van der Waals surface area contributed by atoms with Crippen LogP contribution in [0.4, 0.5) is 11.9 Å². The second kappa shape index (κ2) is 6.97. The molecule has 21 heavy (non-hydrogen) atoms. The monoisotopic (exact) mass is 295 g/mol. The van der Waals surface area contributed by atoms with E-state index in [9.17, 15) is 0 Å². The van der Waals surface area contributed by atoms with Crippen molar-refractivity contribution in [3.05, 3.63) is 5.82 Å². The summed E-state index contributed by atoms with van der Waals surface area (Å²) in [5.74, 6) is 1.56. The van der Waals surface area contributed by atoms with Gasteiger partial charge in [-0.15, -0.1) is 0 Å². The molecule has 0 spiro atoms. The minimum Gasteiger partial charge on any atom is -0.395 e. The fraction of sp³-hybridized carbons (Fsp3) is 0.769. The van der Waals surface area contributed by atoms with Crippen LogP contribution >= 0.6 is 0 Å². The van der Waals surface area contributed by atoms with Crippen LogP contribution in [-0.4, -0.2) is 83.3 Å². The van der Waals surface area contributed by atoms with Crippen molar-refractivity contribution in [2.45, 2.75) is 13.0 Å². The largest absolute Gasteiger partial charge is 0.395 e. The van der Waals surface area contributed by atoms with E-state index in [1.807, 2.05) is 19.0 Å². The Morgan fingerprint density at radius 2 is 1.86 bits per heavy atom. The van der Waals surface area contributed by atoms with E-state index in [2.05, 4.69) is 31.7 Å². The molecule has 0 amide bonds. The number of rotatable bonds is 5. The molecule has 1 aliphatic rings. The molecule has 0 unspecified atom stereocenters. The van der Waals surface area contributed by atoms with Gasteiger partial charge in [0.15, 0.2) is 5.82 Å². The number of aromatic nitrogens is 3. The Bertz CT molecular complexity index is 460. The van der Waals surface area contributed by atoms with Crippen LogP contribution in [0.25, 0.3) is 0 Å². The van der Waals surface area contributed by atoms with E-state index >= 15 is 0 Å². The second-order valence-corrected chi connectivity index (χ2v) is 5.52. The summed E-state index contributed by atoms with van der Waals surface area (Å²) < 4.78 is 0. The van der Waals surface area contributed by atoms with Gasteiger partial charge in [0, 0.05) is 46.8 Å². The predicted molar refractivity (Wildman–Crippen MR) is 82.1 cm³/mol. The normalized spacial score (nSPS) is 18.7. The molecule has 0 saturated carbocycles. The van der Waals surface area contributed by atoms with Crippen molar-refractivity contribution in [1.29, 1.82) is 0 Å². The van der Waals surface area contributed by atoms with E-state index in [0.717, 1.165) is 32.7 Å². The van der Waals surface area contributed by atoms with Crippen LogP contribution in [0.5, 0.6) is 0 Å². The molecule has 1 atom stereocenters. The fourth-order valence-corrected chi connectivity index (χ4v) is 2.46. The van der Waals surface area contributed by atoms with Crippen molar-refractivity contribution in [3.63, 3.8) is 0 Å². The Balaban J connectivity index is 2.05. The molecule has 1 aliphatic heterocycles. The molecule has 118 valence electrons. The van der Waals surface area contributed by atoms with Crippen molar-refractivity contribution in [2.75, 3.05) is 64.1 Å². The molecule has 1 fully saturated rings. The summed E-state index contributed by atoms with van der Waals surface area (Å²) in [5.41, 5.74) is 5.78. The topological polar surface area (TPSA) is 94.6 Å². The summed E-state index contributed by atoms with van der Waals surface area (Å²) in [6.07, 6.45) is 0. The molecule has 1 aromatic heterocycles. The van der Waals surface area contributed by atoms with Crippen molar-refractivity contribution >= 4 is 11.9 Å². The number of β-amino-alcohol motifs (C(OH)–C–C–N with tert-alkyl or cyclic N) is 1. The van der Waals surface area contributed by atoms with Gasteiger partial charge in [-0.05, 0) is 6.92 Å². The maximum absolute atomic E-state index is 8.98. The number of hydrogen-bond acceptors (Lipinski definition) is 8. The molecule has 1 saturated heterocycles. The highest BCUT2D eigenvalue weighted by molar-refractivity contribution is 5.33. The van der Waals surface area contributed by atoms with Crippen LogP contribution in [0, 0.1) is 0 Å². The molecule has 8 heteroatoms. The van der Waals surface area contributed by atoms with E-state index in [1.165, 1.54) is 0 Å². The molecule has 2 heterocycles. The summed E-state index contributed by atoms with van der Waals surface area (Å²) >= 11 is 0. The van der Waals surface area contributed by atoms with Crippen LogP contribution < -0.4 is 10.6 Å². The molecular formula is C13H25N7O. The van der Waals surface area contributed by atoms with Crippen LogP contribution in [0.15, 0.2) is 0 Å². The Morgan fingerprint density at radius 3 is 2.43 bits per heavy atom. The van der Waals surface area contributed by atoms with Gasteiger partial charge in [-0.1, -0.05) is 0 Å². The molecule has 0 aromatic carbocycles. The van der Waals surface area contributed by atoms with Crippen LogP contribution in [0.1, 0.15) is 18.8 Å². The summed E-state index contributed by atoms with van der Waals surface area (Å²) in [6.45, 7) is 6.82. The van der Waals surface area contributed by atoms with E-state index in [-0.39, 0.29) is 18.6 Å². The van der Waals surface area contributed by atoms with E-state index in [1.54, 1.807) is 0 Å². The Labute approximate surface area is 125 Å². The zero-order chi connectivity index (χ0) is 15.4. The number of nitrogen functional groups attached to an aromatic ring is 1. The number of aliphatic hydroxyl groups excluding tert-OH is 1. The van der Waals surface area contributed by atoms with Gasteiger partial charge in [-0.25, -0.2) is 0 Å². The lowest BCUT2D eigenvalue weighted by molar-refractivity contribution is 0.0862. The zero-order valence-corrected chi connectivity index (χ0v) is 13.0. The third kappa shape index (κ3) is 3.99. The quantitative estimate of drug-likeness (QED) is 0.728. The lowest BCUT2D eigenvalue weighted by Gasteiger charge is -2.37. The Morgan fingerprint density at radius 1 is 1.19 bits per heavy atom. The first kappa shape index (κ1) is 15.9.